The number of hydrogen-bond acceptors (Lipinski definition) is 1. The summed E-state index contributed by atoms with van der Waals surface area (Å²) in [6.07, 6.45) is 8.29. The molecule has 0 amide bonds. The summed E-state index contributed by atoms with van der Waals surface area (Å²) in [5.41, 5.74) is 0.979. The van der Waals surface area contributed by atoms with Gasteiger partial charge in [0.25, 0.3) is 0 Å². The van der Waals surface area contributed by atoms with Crippen molar-refractivity contribution in [1.82, 2.24) is 0 Å². The van der Waals surface area contributed by atoms with Crippen molar-refractivity contribution in [2.24, 2.45) is 10.8 Å². The fraction of sp³-hybridized carbons (Fsp3) is 1.00. The van der Waals surface area contributed by atoms with Crippen LogP contribution in [0.1, 0.15) is 59.3 Å². The predicted molar refractivity (Wildman–Crippen MR) is 61.5 cm³/mol. The molecule has 0 aromatic heterocycles. The highest BCUT2D eigenvalue weighted by Crippen LogP contribution is 2.51. The Bertz CT molecular complexity index is 166. The topological polar surface area (TPSA) is 9.23 Å². The Balaban J connectivity index is 2.57. The van der Waals surface area contributed by atoms with E-state index < -0.39 is 0 Å². The molecule has 0 atom stereocenters. The first-order valence-electron chi connectivity index (χ1n) is 6.01. The molecule has 1 rings (SSSR count). The van der Waals surface area contributed by atoms with Crippen LogP contribution < -0.4 is 0 Å². The lowest BCUT2D eigenvalue weighted by atomic mass is 9.58. The Morgan fingerprint density at radius 3 is 2.21 bits per heavy atom. The molecule has 0 saturated heterocycles. The molecule has 1 nitrogen and oxygen atoms in total. The van der Waals surface area contributed by atoms with Crippen molar-refractivity contribution in [1.29, 1.82) is 0 Å². The van der Waals surface area contributed by atoms with Gasteiger partial charge in [-0.15, -0.1) is 0 Å². The first kappa shape index (κ1) is 12.0. The number of hydrogen-bond donors (Lipinski definition) is 0. The van der Waals surface area contributed by atoms with Gasteiger partial charge in [0.2, 0.25) is 0 Å². The zero-order valence-corrected chi connectivity index (χ0v) is 10.4. The van der Waals surface area contributed by atoms with Gasteiger partial charge in [-0.2, -0.15) is 0 Å². The van der Waals surface area contributed by atoms with Crippen molar-refractivity contribution >= 4 is 0 Å². The van der Waals surface area contributed by atoms with Crippen LogP contribution in [-0.2, 0) is 4.74 Å². The Hall–Kier alpha value is -0.0400. The zero-order chi connectivity index (χ0) is 10.7. The highest BCUT2D eigenvalue weighted by molar-refractivity contribution is 4.91. The van der Waals surface area contributed by atoms with E-state index in [-0.39, 0.29) is 0 Å². The maximum absolute atomic E-state index is 5.21. The third-order valence-corrected chi connectivity index (χ3v) is 4.52. The van der Waals surface area contributed by atoms with Gasteiger partial charge in [-0.3, -0.25) is 0 Å². The van der Waals surface area contributed by atoms with E-state index in [9.17, 15) is 0 Å². The van der Waals surface area contributed by atoms with Gasteiger partial charge in [-0.25, -0.2) is 0 Å². The standard InChI is InChI=1S/C13H26O/c1-12(2,10-11-14-4)13(3)8-6-5-7-9-13/h5-11H2,1-4H3. The van der Waals surface area contributed by atoms with Crippen LogP contribution in [0.15, 0.2) is 0 Å². The minimum atomic E-state index is 0.434. The second-order valence-electron chi connectivity index (χ2n) is 5.75. The number of rotatable bonds is 4. The Morgan fingerprint density at radius 2 is 1.71 bits per heavy atom. The fourth-order valence-electron chi connectivity index (χ4n) is 2.67. The van der Waals surface area contributed by atoms with Gasteiger partial charge in [0.05, 0.1) is 0 Å². The molecule has 1 aliphatic rings. The molecule has 14 heavy (non-hydrogen) atoms. The summed E-state index contributed by atoms with van der Waals surface area (Å²) in [5.74, 6) is 0. The molecule has 1 aliphatic carbocycles. The first-order chi connectivity index (χ1) is 6.52. The number of ether oxygens (including phenoxy) is 1. The van der Waals surface area contributed by atoms with Gasteiger partial charge in [-0.1, -0.05) is 40.0 Å². The number of methoxy groups -OCH3 is 1. The van der Waals surface area contributed by atoms with Crippen molar-refractivity contribution in [3.8, 4) is 0 Å². The van der Waals surface area contributed by atoms with Crippen LogP contribution in [0.3, 0.4) is 0 Å². The minimum absolute atomic E-state index is 0.434. The summed E-state index contributed by atoms with van der Waals surface area (Å²) in [7, 11) is 1.80. The summed E-state index contributed by atoms with van der Waals surface area (Å²) in [6, 6.07) is 0. The summed E-state index contributed by atoms with van der Waals surface area (Å²) in [5, 5.41) is 0. The maximum Gasteiger partial charge on any atom is 0.0467 e. The van der Waals surface area contributed by atoms with E-state index in [2.05, 4.69) is 20.8 Å². The summed E-state index contributed by atoms with van der Waals surface area (Å²) >= 11 is 0. The van der Waals surface area contributed by atoms with E-state index in [1.165, 1.54) is 38.5 Å². The lowest BCUT2D eigenvalue weighted by Gasteiger charge is -2.47. The van der Waals surface area contributed by atoms with Gasteiger partial charge in [0, 0.05) is 13.7 Å². The second kappa shape index (κ2) is 4.65. The molecule has 0 bridgehead atoms. The molecule has 84 valence electrons. The van der Waals surface area contributed by atoms with E-state index in [0.717, 1.165) is 6.61 Å². The zero-order valence-electron chi connectivity index (χ0n) is 10.4. The van der Waals surface area contributed by atoms with Crippen molar-refractivity contribution in [3.63, 3.8) is 0 Å². The maximum atomic E-state index is 5.21. The van der Waals surface area contributed by atoms with Crippen LogP contribution in [0, 0.1) is 10.8 Å². The summed E-state index contributed by atoms with van der Waals surface area (Å²) in [6.45, 7) is 8.21. The average Bonchev–Trinajstić information content (AvgIpc) is 2.16. The smallest absolute Gasteiger partial charge is 0.0467 e. The van der Waals surface area contributed by atoms with Crippen molar-refractivity contribution in [3.05, 3.63) is 0 Å². The van der Waals surface area contributed by atoms with Crippen molar-refractivity contribution < 1.29 is 4.74 Å². The van der Waals surface area contributed by atoms with E-state index >= 15 is 0 Å². The van der Waals surface area contributed by atoms with E-state index in [0.29, 0.717) is 10.8 Å². The van der Waals surface area contributed by atoms with Crippen LogP contribution in [0.5, 0.6) is 0 Å². The van der Waals surface area contributed by atoms with E-state index in [4.69, 9.17) is 4.74 Å². The van der Waals surface area contributed by atoms with Crippen LogP contribution in [0.4, 0.5) is 0 Å². The molecule has 1 heteroatoms. The lowest BCUT2D eigenvalue weighted by molar-refractivity contribution is 0.0152. The molecule has 0 radical (unpaired) electrons. The van der Waals surface area contributed by atoms with Crippen LogP contribution in [-0.4, -0.2) is 13.7 Å². The minimum Gasteiger partial charge on any atom is -0.385 e. The molecule has 0 aliphatic heterocycles. The highest BCUT2D eigenvalue weighted by atomic mass is 16.5. The van der Waals surface area contributed by atoms with Crippen LogP contribution >= 0.6 is 0 Å². The van der Waals surface area contributed by atoms with Gasteiger partial charge in [0.1, 0.15) is 0 Å². The molecule has 0 aromatic carbocycles. The SMILES string of the molecule is COCCC(C)(C)C1(C)CCCCC1. The molecular weight excluding hydrogens is 172 g/mol. The molecule has 1 fully saturated rings. The molecule has 0 spiro atoms. The molecule has 0 aromatic rings. The normalized spacial score (nSPS) is 22.3. The van der Waals surface area contributed by atoms with E-state index in [1.54, 1.807) is 7.11 Å². The van der Waals surface area contributed by atoms with Crippen LogP contribution in [0.2, 0.25) is 0 Å². The lowest BCUT2D eigenvalue weighted by Crippen LogP contribution is -2.37. The average molecular weight is 198 g/mol. The molecular formula is C13H26O. The summed E-state index contributed by atoms with van der Waals surface area (Å²) in [4.78, 5) is 0. The fourth-order valence-corrected chi connectivity index (χ4v) is 2.67. The second-order valence-corrected chi connectivity index (χ2v) is 5.75. The van der Waals surface area contributed by atoms with Gasteiger partial charge < -0.3 is 4.74 Å². The van der Waals surface area contributed by atoms with Crippen LogP contribution in [0.25, 0.3) is 0 Å². The van der Waals surface area contributed by atoms with Gasteiger partial charge >= 0.3 is 0 Å². The van der Waals surface area contributed by atoms with Gasteiger partial charge in [0.15, 0.2) is 0 Å². The predicted octanol–water partition coefficient (Wildman–Crippen LogP) is 4.02. The monoisotopic (exact) mass is 198 g/mol. The molecule has 0 heterocycles. The molecule has 0 unspecified atom stereocenters. The third kappa shape index (κ3) is 2.50. The largest absolute Gasteiger partial charge is 0.385 e. The Morgan fingerprint density at radius 1 is 1.14 bits per heavy atom. The highest BCUT2D eigenvalue weighted by Gasteiger charge is 2.40. The molecule has 1 saturated carbocycles. The Labute approximate surface area is 89.2 Å². The quantitative estimate of drug-likeness (QED) is 0.663. The van der Waals surface area contributed by atoms with Crippen molar-refractivity contribution in [2.75, 3.05) is 13.7 Å². The van der Waals surface area contributed by atoms with Gasteiger partial charge in [-0.05, 0) is 30.1 Å². The third-order valence-electron chi connectivity index (χ3n) is 4.52. The van der Waals surface area contributed by atoms with Crippen molar-refractivity contribution in [2.45, 2.75) is 59.3 Å². The molecule has 0 N–H and O–H groups in total. The Kier molecular flexibility index (Phi) is 4.00. The summed E-state index contributed by atoms with van der Waals surface area (Å²) < 4.78 is 5.21. The first-order valence-corrected chi connectivity index (χ1v) is 6.01. The van der Waals surface area contributed by atoms with E-state index in [1.807, 2.05) is 0 Å².